The van der Waals surface area contributed by atoms with Crippen molar-refractivity contribution in [1.29, 1.82) is 0 Å². The Morgan fingerprint density at radius 1 is 0.919 bits per heavy atom. The largest absolute Gasteiger partial charge is 0.481 e. The highest BCUT2D eigenvalue weighted by atomic mass is 35.5. The minimum atomic E-state index is -1.07. The van der Waals surface area contributed by atoms with Crippen LogP contribution in [0.5, 0.6) is 0 Å². The lowest BCUT2D eigenvalue weighted by atomic mass is 9.90. The minimum Gasteiger partial charge on any atom is -0.481 e. The van der Waals surface area contributed by atoms with Crippen molar-refractivity contribution >= 4 is 35.2 Å². The maximum atomic E-state index is 12.9. The number of ketones is 1. The third-order valence-electron chi connectivity index (χ3n) is 5.89. The van der Waals surface area contributed by atoms with Crippen LogP contribution in [0.2, 0.25) is 5.02 Å². The van der Waals surface area contributed by atoms with Crippen LogP contribution in [0.3, 0.4) is 0 Å². The van der Waals surface area contributed by atoms with Gasteiger partial charge in [0.25, 0.3) is 5.91 Å². The highest BCUT2D eigenvalue weighted by molar-refractivity contribution is 6.30. The molecule has 0 aromatic heterocycles. The average molecular weight is 522 g/mol. The SMILES string of the molecule is CCOC(=O)CNC(=O)c1ccccc1CCC(CC(=O)c1ccc(-c2ccc(Cl)cc2)cc1)C(=O)O. The van der Waals surface area contributed by atoms with Crippen LogP contribution in [0.4, 0.5) is 0 Å². The standard InChI is InChI=1S/C29H28ClNO6/c1-2-37-27(33)18-31-28(34)25-6-4-3-5-21(25)9-12-23(29(35)36)17-26(32)22-10-7-19(8-11-22)20-13-15-24(30)16-14-20/h3-8,10-11,13-16,23H,2,9,12,17-18H2,1H3,(H,31,34)(H,35,36). The number of amides is 1. The lowest BCUT2D eigenvalue weighted by Gasteiger charge is -2.14. The van der Waals surface area contributed by atoms with Crippen molar-refractivity contribution in [2.45, 2.75) is 26.2 Å². The molecule has 0 fully saturated rings. The number of ether oxygens (including phenoxy) is 1. The molecule has 3 rings (SSSR count). The summed E-state index contributed by atoms with van der Waals surface area (Å²) >= 11 is 5.94. The molecule has 0 saturated carbocycles. The fourth-order valence-corrected chi connectivity index (χ4v) is 4.02. The van der Waals surface area contributed by atoms with E-state index in [1.165, 1.54) is 0 Å². The minimum absolute atomic E-state index is 0.160. The van der Waals surface area contributed by atoms with E-state index in [1.54, 1.807) is 55.5 Å². The molecule has 192 valence electrons. The summed E-state index contributed by atoms with van der Waals surface area (Å²) in [7, 11) is 0. The van der Waals surface area contributed by atoms with Crippen LogP contribution in [0.25, 0.3) is 11.1 Å². The molecule has 0 aliphatic rings. The zero-order valence-corrected chi connectivity index (χ0v) is 21.2. The van der Waals surface area contributed by atoms with Crippen molar-refractivity contribution in [2.24, 2.45) is 5.92 Å². The summed E-state index contributed by atoms with van der Waals surface area (Å²) < 4.78 is 4.81. The van der Waals surface area contributed by atoms with Gasteiger partial charge in [0.15, 0.2) is 5.78 Å². The Bertz CT molecular complexity index is 1250. The van der Waals surface area contributed by atoms with Crippen LogP contribution < -0.4 is 5.32 Å². The van der Waals surface area contributed by atoms with E-state index in [9.17, 15) is 24.3 Å². The molecule has 0 radical (unpaired) electrons. The zero-order chi connectivity index (χ0) is 26.8. The number of aliphatic carboxylic acids is 1. The molecule has 3 aromatic rings. The van der Waals surface area contributed by atoms with E-state index in [1.807, 2.05) is 24.3 Å². The maximum Gasteiger partial charge on any atom is 0.325 e. The third kappa shape index (κ3) is 8.02. The first kappa shape index (κ1) is 27.6. The topological polar surface area (TPSA) is 110 Å². The zero-order valence-electron chi connectivity index (χ0n) is 20.4. The number of Topliss-reactive ketones (excluding diaryl/α,β-unsaturated/α-hetero) is 1. The Labute approximate surface area is 220 Å². The summed E-state index contributed by atoms with van der Waals surface area (Å²) in [5, 5.41) is 12.9. The summed E-state index contributed by atoms with van der Waals surface area (Å²) in [6.45, 7) is 1.63. The maximum absolute atomic E-state index is 12.9. The summed E-state index contributed by atoms with van der Waals surface area (Å²) in [5.41, 5.74) is 3.29. The molecule has 1 amide bonds. The van der Waals surface area contributed by atoms with Gasteiger partial charge in [-0.2, -0.15) is 0 Å². The Morgan fingerprint density at radius 2 is 1.54 bits per heavy atom. The Hall–Kier alpha value is -3.97. The molecule has 7 nitrogen and oxygen atoms in total. The molecule has 0 heterocycles. The van der Waals surface area contributed by atoms with Crippen LogP contribution >= 0.6 is 11.6 Å². The molecule has 0 aliphatic heterocycles. The van der Waals surface area contributed by atoms with Crippen LogP contribution in [-0.4, -0.2) is 41.9 Å². The predicted molar refractivity (Wildman–Crippen MR) is 141 cm³/mol. The van der Waals surface area contributed by atoms with Crippen molar-refractivity contribution in [3.8, 4) is 11.1 Å². The normalized spacial score (nSPS) is 11.4. The Balaban J connectivity index is 1.63. The number of rotatable bonds is 12. The summed E-state index contributed by atoms with van der Waals surface area (Å²) in [5.74, 6) is -3.25. The van der Waals surface area contributed by atoms with E-state index < -0.39 is 23.8 Å². The van der Waals surface area contributed by atoms with Crippen molar-refractivity contribution in [3.63, 3.8) is 0 Å². The predicted octanol–water partition coefficient (Wildman–Crippen LogP) is 5.21. The van der Waals surface area contributed by atoms with E-state index in [0.717, 1.165) is 11.1 Å². The number of benzene rings is 3. The molecule has 37 heavy (non-hydrogen) atoms. The van der Waals surface area contributed by atoms with Crippen LogP contribution in [0, 0.1) is 5.92 Å². The molecular weight excluding hydrogens is 494 g/mol. The van der Waals surface area contributed by atoms with Crippen molar-refractivity contribution in [2.75, 3.05) is 13.2 Å². The van der Waals surface area contributed by atoms with Crippen molar-refractivity contribution in [3.05, 3.63) is 94.5 Å². The van der Waals surface area contributed by atoms with E-state index in [-0.39, 0.29) is 38.2 Å². The second-order valence-corrected chi connectivity index (χ2v) is 8.87. The Kier molecular flexibility index (Phi) is 9.98. The van der Waals surface area contributed by atoms with Gasteiger partial charge in [-0.1, -0.05) is 66.2 Å². The average Bonchev–Trinajstić information content (AvgIpc) is 2.90. The fraction of sp³-hybridized carbons (Fsp3) is 0.241. The monoisotopic (exact) mass is 521 g/mol. The smallest absolute Gasteiger partial charge is 0.325 e. The molecule has 8 heteroatoms. The van der Waals surface area contributed by atoms with Crippen LogP contribution in [-0.2, 0) is 20.7 Å². The second-order valence-electron chi connectivity index (χ2n) is 8.43. The lowest BCUT2D eigenvalue weighted by Crippen LogP contribution is -2.31. The fourth-order valence-electron chi connectivity index (χ4n) is 3.89. The number of halogens is 1. The molecular formula is C29H28ClNO6. The first-order valence-corrected chi connectivity index (χ1v) is 12.3. The van der Waals surface area contributed by atoms with E-state index in [0.29, 0.717) is 21.7 Å². The first-order chi connectivity index (χ1) is 17.8. The second kappa shape index (κ2) is 13.4. The number of carbonyl (C=O) groups excluding carboxylic acids is 3. The van der Waals surface area contributed by atoms with Gasteiger partial charge in [-0.3, -0.25) is 19.2 Å². The van der Waals surface area contributed by atoms with Gasteiger partial charge in [0, 0.05) is 22.6 Å². The van der Waals surface area contributed by atoms with E-state index >= 15 is 0 Å². The van der Waals surface area contributed by atoms with E-state index in [2.05, 4.69) is 5.32 Å². The Morgan fingerprint density at radius 3 is 2.16 bits per heavy atom. The summed E-state index contributed by atoms with van der Waals surface area (Å²) in [6.07, 6.45) is 0.293. The van der Waals surface area contributed by atoms with Gasteiger partial charge in [0.05, 0.1) is 12.5 Å². The first-order valence-electron chi connectivity index (χ1n) is 11.9. The molecule has 1 unspecified atom stereocenters. The number of carbonyl (C=O) groups is 4. The number of nitrogens with one attached hydrogen (secondary N) is 1. The molecule has 1 atom stereocenters. The van der Waals surface area contributed by atoms with Gasteiger partial charge in [-0.15, -0.1) is 0 Å². The third-order valence-corrected chi connectivity index (χ3v) is 6.14. The van der Waals surface area contributed by atoms with Gasteiger partial charge in [-0.25, -0.2) is 0 Å². The van der Waals surface area contributed by atoms with Gasteiger partial charge in [0.2, 0.25) is 0 Å². The quantitative estimate of drug-likeness (QED) is 0.250. The summed E-state index contributed by atoms with van der Waals surface area (Å²) in [6, 6.07) is 21.1. The van der Waals surface area contributed by atoms with Crippen LogP contribution in [0.15, 0.2) is 72.8 Å². The van der Waals surface area contributed by atoms with Gasteiger partial charge in [-0.05, 0) is 54.7 Å². The highest BCUT2D eigenvalue weighted by Crippen LogP contribution is 2.24. The number of aryl methyl sites for hydroxylation is 1. The lowest BCUT2D eigenvalue weighted by molar-refractivity contribution is -0.142. The van der Waals surface area contributed by atoms with E-state index in [4.69, 9.17) is 16.3 Å². The molecule has 0 saturated heterocycles. The molecule has 0 aliphatic carbocycles. The number of esters is 1. The number of carboxylic acid groups (broad SMARTS) is 1. The molecule has 0 spiro atoms. The van der Waals surface area contributed by atoms with Gasteiger partial charge >= 0.3 is 11.9 Å². The summed E-state index contributed by atoms with van der Waals surface area (Å²) in [4.78, 5) is 48.9. The van der Waals surface area contributed by atoms with Crippen molar-refractivity contribution in [1.82, 2.24) is 5.32 Å². The number of hydrogen-bond donors (Lipinski definition) is 2. The van der Waals surface area contributed by atoms with Gasteiger partial charge < -0.3 is 15.2 Å². The highest BCUT2D eigenvalue weighted by Gasteiger charge is 2.23. The number of hydrogen-bond acceptors (Lipinski definition) is 5. The molecule has 0 bridgehead atoms. The number of carboxylic acids is 1. The van der Waals surface area contributed by atoms with Gasteiger partial charge in [0.1, 0.15) is 6.54 Å². The van der Waals surface area contributed by atoms with Crippen molar-refractivity contribution < 1.29 is 29.0 Å². The molecule has 3 aromatic carbocycles. The molecule has 2 N–H and O–H groups in total. The van der Waals surface area contributed by atoms with Crippen LogP contribution in [0.1, 0.15) is 46.0 Å².